The maximum atomic E-state index is 11.9. The van der Waals surface area contributed by atoms with Crippen LogP contribution >= 0.6 is 0 Å². The van der Waals surface area contributed by atoms with E-state index in [0.717, 1.165) is 12.0 Å². The van der Waals surface area contributed by atoms with Gasteiger partial charge in [-0.3, -0.25) is 0 Å². The second-order valence-corrected chi connectivity index (χ2v) is 6.48. The van der Waals surface area contributed by atoms with Gasteiger partial charge in [0.2, 0.25) is 10.0 Å². The molecule has 0 radical (unpaired) electrons. The van der Waals surface area contributed by atoms with E-state index in [4.69, 9.17) is 0 Å². The molecule has 16 heavy (non-hydrogen) atoms. The molecule has 0 saturated carbocycles. The fourth-order valence-corrected chi connectivity index (χ4v) is 3.48. The highest BCUT2D eigenvalue weighted by molar-refractivity contribution is 7.89. The van der Waals surface area contributed by atoms with E-state index in [-0.39, 0.29) is 11.8 Å². The molecular formula is C12H17NO2S. The summed E-state index contributed by atoms with van der Waals surface area (Å²) < 4.78 is 25.4. The topological polar surface area (TPSA) is 37.4 Å². The van der Waals surface area contributed by atoms with Gasteiger partial charge in [-0.25, -0.2) is 8.42 Å². The fourth-order valence-electron chi connectivity index (χ4n) is 2.19. The van der Waals surface area contributed by atoms with Crippen LogP contribution in [0.3, 0.4) is 0 Å². The van der Waals surface area contributed by atoms with E-state index in [1.807, 2.05) is 25.1 Å². The van der Waals surface area contributed by atoms with Crippen molar-refractivity contribution in [3.05, 3.63) is 35.4 Å². The SMILES string of the molecule is CCS(=O)(=O)N1Cc2ccccc2CC1C. The normalized spacial score (nSPS) is 21.8. The van der Waals surface area contributed by atoms with Crippen molar-refractivity contribution in [1.29, 1.82) is 0 Å². The number of nitrogens with zero attached hydrogens (tertiary/aromatic N) is 1. The molecule has 0 bridgehead atoms. The first-order valence-corrected chi connectivity index (χ1v) is 7.22. The molecular weight excluding hydrogens is 222 g/mol. The maximum absolute atomic E-state index is 11.9. The van der Waals surface area contributed by atoms with Gasteiger partial charge in [-0.15, -0.1) is 0 Å². The summed E-state index contributed by atoms with van der Waals surface area (Å²) >= 11 is 0. The minimum atomic E-state index is -3.08. The molecule has 0 fully saturated rings. The molecule has 1 heterocycles. The summed E-state index contributed by atoms with van der Waals surface area (Å²) in [7, 11) is -3.08. The average molecular weight is 239 g/mol. The molecule has 0 N–H and O–H groups in total. The van der Waals surface area contributed by atoms with E-state index in [1.54, 1.807) is 11.2 Å². The Kier molecular flexibility index (Phi) is 3.04. The predicted octanol–water partition coefficient (Wildman–Crippen LogP) is 1.78. The number of hydrogen-bond donors (Lipinski definition) is 0. The Morgan fingerprint density at radius 3 is 2.56 bits per heavy atom. The zero-order valence-electron chi connectivity index (χ0n) is 9.68. The van der Waals surface area contributed by atoms with Crippen molar-refractivity contribution in [2.45, 2.75) is 32.9 Å². The van der Waals surface area contributed by atoms with Crippen LogP contribution in [0.25, 0.3) is 0 Å². The van der Waals surface area contributed by atoms with Gasteiger partial charge < -0.3 is 0 Å². The molecule has 1 atom stereocenters. The summed E-state index contributed by atoms with van der Waals surface area (Å²) in [6.45, 7) is 4.19. The third kappa shape index (κ3) is 1.99. The van der Waals surface area contributed by atoms with E-state index < -0.39 is 10.0 Å². The lowest BCUT2D eigenvalue weighted by molar-refractivity contribution is 0.310. The molecule has 0 spiro atoms. The first-order valence-electron chi connectivity index (χ1n) is 5.61. The molecule has 1 aliphatic rings. The Hall–Kier alpha value is -0.870. The Balaban J connectivity index is 2.35. The third-order valence-electron chi connectivity index (χ3n) is 3.17. The number of benzene rings is 1. The molecule has 0 aliphatic carbocycles. The molecule has 0 amide bonds. The Bertz CT molecular complexity index is 482. The van der Waals surface area contributed by atoms with Gasteiger partial charge in [0.05, 0.1) is 5.75 Å². The molecule has 1 aromatic rings. The number of sulfonamides is 1. The molecule has 0 aromatic heterocycles. The molecule has 3 nitrogen and oxygen atoms in total. The lowest BCUT2D eigenvalue weighted by Gasteiger charge is -2.33. The molecule has 1 aromatic carbocycles. The van der Waals surface area contributed by atoms with Crippen LogP contribution in [0.15, 0.2) is 24.3 Å². The summed E-state index contributed by atoms with van der Waals surface area (Å²) in [5, 5.41) is 0. The molecule has 88 valence electrons. The van der Waals surface area contributed by atoms with Crippen molar-refractivity contribution in [3.8, 4) is 0 Å². The maximum Gasteiger partial charge on any atom is 0.214 e. The summed E-state index contributed by atoms with van der Waals surface area (Å²) in [5.74, 6) is 0.180. The first-order chi connectivity index (χ1) is 7.54. The Morgan fingerprint density at radius 1 is 1.31 bits per heavy atom. The van der Waals surface area contributed by atoms with Crippen LogP contribution in [0.1, 0.15) is 25.0 Å². The highest BCUT2D eigenvalue weighted by Crippen LogP contribution is 2.25. The van der Waals surface area contributed by atoms with Crippen LogP contribution < -0.4 is 0 Å². The smallest absolute Gasteiger partial charge is 0.212 e. The quantitative estimate of drug-likeness (QED) is 0.789. The molecule has 1 unspecified atom stereocenters. The standard InChI is InChI=1S/C12H17NO2S/c1-3-16(14,15)13-9-12-7-5-4-6-11(12)8-10(13)2/h4-7,10H,3,8-9H2,1-2H3. The predicted molar refractivity (Wildman–Crippen MR) is 64.6 cm³/mol. The van der Waals surface area contributed by atoms with Gasteiger partial charge in [0, 0.05) is 12.6 Å². The Morgan fingerprint density at radius 2 is 1.94 bits per heavy atom. The molecule has 0 saturated heterocycles. The Labute approximate surface area is 97.1 Å². The van der Waals surface area contributed by atoms with E-state index >= 15 is 0 Å². The van der Waals surface area contributed by atoms with Crippen LogP contribution in [0, 0.1) is 0 Å². The first kappa shape index (κ1) is 11.6. The summed E-state index contributed by atoms with van der Waals surface area (Å²) in [5.41, 5.74) is 2.41. The summed E-state index contributed by atoms with van der Waals surface area (Å²) in [6, 6.07) is 8.14. The van der Waals surface area contributed by atoms with E-state index in [0.29, 0.717) is 6.54 Å². The summed E-state index contributed by atoms with van der Waals surface area (Å²) in [6.07, 6.45) is 0.815. The largest absolute Gasteiger partial charge is 0.214 e. The fraction of sp³-hybridized carbons (Fsp3) is 0.500. The highest BCUT2D eigenvalue weighted by Gasteiger charge is 2.30. The van der Waals surface area contributed by atoms with Crippen LogP contribution in [0.2, 0.25) is 0 Å². The number of rotatable bonds is 2. The zero-order chi connectivity index (χ0) is 11.8. The van der Waals surface area contributed by atoms with Gasteiger partial charge in [0.1, 0.15) is 0 Å². The van der Waals surface area contributed by atoms with Crippen LogP contribution in [0.4, 0.5) is 0 Å². The average Bonchev–Trinajstić information content (AvgIpc) is 2.28. The lowest BCUT2D eigenvalue weighted by Crippen LogP contribution is -2.43. The second kappa shape index (κ2) is 4.18. The zero-order valence-corrected chi connectivity index (χ0v) is 10.5. The van der Waals surface area contributed by atoms with Gasteiger partial charge >= 0.3 is 0 Å². The monoisotopic (exact) mass is 239 g/mol. The van der Waals surface area contributed by atoms with Gasteiger partial charge in [0.15, 0.2) is 0 Å². The van der Waals surface area contributed by atoms with Gasteiger partial charge in [0.25, 0.3) is 0 Å². The van der Waals surface area contributed by atoms with Crippen molar-refractivity contribution in [3.63, 3.8) is 0 Å². The van der Waals surface area contributed by atoms with Crippen molar-refractivity contribution in [2.75, 3.05) is 5.75 Å². The van der Waals surface area contributed by atoms with Crippen molar-refractivity contribution < 1.29 is 8.42 Å². The van der Waals surface area contributed by atoms with E-state index in [1.165, 1.54) is 5.56 Å². The van der Waals surface area contributed by atoms with Gasteiger partial charge in [-0.1, -0.05) is 24.3 Å². The van der Waals surface area contributed by atoms with Gasteiger partial charge in [-0.05, 0) is 31.4 Å². The minimum Gasteiger partial charge on any atom is -0.212 e. The van der Waals surface area contributed by atoms with Crippen LogP contribution in [-0.2, 0) is 23.0 Å². The highest BCUT2D eigenvalue weighted by atomic mass is 32.2. The van der Waals surface area contributed by atoms with Crippen LogP contribution in [0.5, 0.6) is 0 Å². The third-order valence-corrected chi connectivity index (χ3v) is 5.11. The molecule has 1 aliphatic heterocycles. The van der Waals surface area contributed by atoms with Gasteiger partial charge in [-0.2, -0.15) is 4.31 Å². The minimum absolute atomic E-state index is 0.0693. The van der Waals surface area contributed by atoms with Crippen molar-refractivity contribution in [1.82, 2.24) is 4.31 Å². The molecule has 4 heteroatoms. The number of hydrogen-bond acceptors (Lipinski definition) is 2. The molecule has 2 rings (SSSR count). The van der Waals surface area contributed by atoms with Crippen molar-refractivity contribution >= 4 is 10.0 Å². The second-order valence-electron chi connectivity index (χ2n) is 4.27. The van der Waals surface area contributed by atoms with E-state index in [9.17, 15) is 8.42 Å². The summed E-state index contributed by atoms with van der Waals surface area (Å²) in [4.78, 5) is 0. The van der Waals surface area contributed by atoms with Crippen LogP contribution in [-0.4, -0.2) is 24.5 Å². The number of fused-ring (bicyclic) bond motifs is 1. The lowest BCUT2D eigenvalue weighted by atomic mass is 9.97. The van der Waals surface area contributed by atoms with E-state index in [2.05, 4.69) is 6.07 Å². The van der Waals surface area contributed by atoms with Crippen molar-refractivity contribution in [2.24, 2.45) is 0 Å².